The molecular weight excluding hydrogens is 208 g/mol. The fraction of sp³-hybridized carbons (Fsp3) is 0.727. The molecule has 0 saturated carbocycles. The Labute approximate surface area is 94.8 Å². The van der Waals surface area contributed by atoms with Gasteiger partial charge in [-0.2, -0.15) is 0 Å². The predicted molar refractivity (Wildman–Crippen MR) is 63.6 cm³/mol. The van der Waals surface area contributed by atoms with Crippen LogP contribution in [0.25, 0.3) is 0 Å². The van der Waals surface area contributed by atoms with E-state index in [-0.39, 0.29) is 6.10 Å². The minimum absolute atomic E-state index is 0.325. The molecular formula is C11H18N2OS. The second-order valence-corrected chi connectivity index (χ2v) is 5.20. The zero-order chi connectivity index (χ0) is 10.8. The van der Waals surface area contributed by atoms with Crippen molar-refractivity contribution in [3.8, 4) is 0 Å². The van der Waals surface area contributed by atoms with Crippen molar-refractivity contribution < 1.29 is 5.11 Å². The molecule has 0 amide bonds. The monoisotopic (exact) mass is 226 g/mol. The lowest BCUT2D eigenvalue weighted by Crippen LogP contribution is -2.17. The largest absolute Gasteiger partial charge is 0.387 e. The Bertz CT molecular complexity index is 337. The predicted octanol–water partition coefficient (Wildman–Crippen LogP) is 2.36. The van der Waals surface area contributed by atoms with Gasteiger partial charge in [0.25, 0.3) is 0 Å². The summed E-state index contributed by atoms with van der Waals surface area (Å²) in [5.74, 6) is 0. The zero-order valence-electron chi connectivity index (χ0n) is 9.36. The van der Waals surface area contributed by atoms with E-state index in [1.165, 1.54) is 4.88 Å². The normalized spacial score (nSPS) is 20.1. The molecule has 1 aliphatic rings. The number of hydrogen-bond donors (Lipinski definition) is 1. The molecule has 0 saturated heterocycles. The highest BCUT2D eigenvalue weighted by Gasteiger charge is 2.23. The Balaban J connectivity index is 2.21. The first-order valence-electron chi connectivity index (χ1n) is 5.61. The summed E-state index contributed by atoms with van der Waals surface area (Å²) in [7, 11) is 2.07. The van der Waals surface area contributed by atoms with E-state index in [1.807, 2.05) is 0 Å². The second kappa shape index (κ2) is 4.49. The molecule has 0 radical (unpaired) electrons. The molecule has 0 spiro atoms. The maximum absolute atomic E-state index is 9.81. The summed E-state index contributed by atoms with van der Waals surface area (Å²) in [6.07, 6.45) is 3.85. The zero-order valence-corrected chi connectivity index (χ0v) is 10.2. The summed E-state index contributed by atoms with van der Waals surface area (Å²) >= 11 is 1.74. The minimum Gasteiger partial charge on any atom is -0.387 e. The molecule has 1 aliphatic carbocycles. The number of fused-ring (bicyclic) bond motifs is 1. The molecule has 84 valence electrons. The second-order valence-electron chi connectivity index (χ2n) is 4.13. The maximum Gasteiger partial charge on any atom is 0.185 e. The van der Waals surface area contributed by atoms with Crippen LogP contribution in [0.15, 0.2) is 0 Å². The van der Waals surface area contributed by atoms with Crippen molar-refractivity contribution in [1.29, 1.82) is 0 Å². The summed E-state index contributed by atoms with van der Waals surface area (Å²) in [5.41, 5.74) is 0.934. The first-order valence-corrected chi connectivity index (χ1v) is 6.42. The molecule has 1 atom stereocenters. The number of aliphatic hydroxyl groups excluding tert-OH is 1. The molecule has 0 fully saturated rings. The van der Waals surface area contributed by atoms with Gasteiger partial charge in [-0.05, 0) is 25.7 Å². The molecule has 1 N–H and O–H groups in total. The Morgan fingerprint density at radius 2 is 2.40 bits per heavy atom. The first-order chi connectivity index (χ1) is 7.22. The van der Waals surface area contributed by atoms with Crippen molar-refractivity contribution in [3.63, 3.8) is 0 Å². The van der Waals surface area contributed by atoms with Crippen molar-refractivity contribution in [2.75, 3.05) is 18.5 Å². The van der Waals surface area contributed by atoms with Gasteiger partial charge in [0.05, 0.1) is 11.8 Å². The molecule has 2 rings (SSSR count). The standard InChI is InChI=1S/C11H18N2OS/c1-3-7-13(2)11-12-10-8(14)5-4-6-9(10)15-11/h8,14H,3-7H2,1-2H3. The molecule has 0 aromatic carbocycles. The van der Waals surface area contributed by atoms with Crippen LogP contribution in [-0.4, -0.2) is 23.7 Å². The lowest BCUT2D eigenvalue weighted by molar-refractivity contribution is 0.153. The number of aromatic nitrogens is 1. The fourth-order valence-electron chi connectivity index (χ4n) is 1.98. The van der Waals surface area contributed by atoms with Crippen molar-refractivity contribution in [2.45, 2.75) is 38.7 Å². The van der Waals surface area contributed by atoms with Crippen molar-refractivity contribution in [2.24, 2.45) is 0 Å². The molecule has 15 heavy (non-hydrogen) atoms. The molecule has 3 nitrogen and oxygen atoms in total. The highest BCUT2D eigenvalue weighted by Crippen LogP contribution is 2.36. The van der Waals surface area contributed by atoms with Crippen LogP contribution < -0.4 is 4.90 Å². The summed E-state index contributed by atoms with van der Waals surface area (Å²) < 4.78 is 0. The average molecular weight is 226 g/mol. The molecule has 0 aliphatic heterocycles. The summed E-state index contributed by atoms with van der Waals surface area (Å²) in [4.78, 5) is 8.01. The van der Waals surface area contributed by atoms with Crippen molar-refractivity contribution in [1.82, 2.24) is 4.98 Å². The van der Waals surface area contributed by atoms with Crippen LogP contribution in [0.5, 0.6) is 0 Å². The van der Waals surface area contributed by atoms with E-state index >= 15 is 0 Å². The number of aliphatic hydroxyl groups is 1. The number of rotatable bonds is 3. The lowest BCUT2D eigenvalue weighted by Gasteiger charge is -2.15. The van der Waals surface area contributed by atoms with Crippen LogP contribution in [0.2, 0.25) is 0 Å². The van der Waals surface area contributed by atoms with Crippen molar-refractivity contribution >= 4 is 16.5 Å². The SMILES string of the molecule is CCCN(C)c1nc2c(s1)CCCC2O. The maximum atomic E-state index is 9.81. The van der Waals surface area contributed by atoms with Gasteiger partial charge in [0.1, 0.15) is 0 Å². The van der Waals surface area contributed by atoms with Gasteiger partial charge >= 0.3 is 0 Å². The van der Waals surface area contributed by atoms with Crippen LogP contribution in [0, 0.1) is 0 Å². The number of aryl methyl sites for hydroxylation is 1. The summed E-state index contributed by atoms with van der Waals surface area (Å²) in [6, 6.07) is 0. The molecule has 1 aromatic heterocycles. The number of nitrogens with zero attached hydrogens (tertiary/aromatic N) is 2. The van der Waals surface area contributed by atoms with E-state index < -0.39 is 0 Å². The van der Waals surface area contributed by atoms with Gasteiger partial charge in [-0.1, -0.05) is 6.92 Å². The van der Waals surface area contributed by atoms with Gasteiger partial charge in [0.2, 0.25) is 0 Å². The quantitative estimate of drug-likeness (QED) is 0.859. The highest BCUT2D eigenvalue weighted by atomic mass is 32.1. The van der Waals surface area contributed by atoms with E-state index in [0.29, 0.717) is 0 Å². The van der Waals surface area contributed by atoms with Gasteiger partial charge in [-0.25, -0.2) is 4.98 Å². The molecule has 0 bridgehead atoms. The third kappa shape index (κ3) is 2.16. The summed E-state index contributed by atoms with van der Waals surface area (Å²) in [5, 5.41) is 10.9. The Hall–Kier alpha value is -0.610. The number of anilines is 1. The smallest absolute Gasteiger partial charge is 0.185 e. The number of hydrogen-bond acceptors (Lipinski definition) is 4. The van der Waals surface area contributed by atoms with E-state index in [9.17, 15) is 5.11 Å². The number of thiazole rings is 1. The molecule has 1 aromatic rings. The van der Waals surface area contributed by atoms with E-state index in [0.717, 1.165) is 43.1 Å². The summed E-state index contributed by atoms with van der Waals surface area (Å²) in [6.45, 7) is 3.20. The van der Waals surface area contributed by atoms with Gasteiger partial charge in [0.15, 0.2) is 5.13 Å². The van der Waals surface area contributed by atoms with Crippen molar-refractivity contribution in [3.05, 3.63) is 10.6 Å². The highest BCUT2D eigenvalue weighted by molar-refractivity contribution is 7.15. The van der Waals surface area contributed by atoms with Crippen LogP contribution in [0.3, 0.4) is 0 Å². The van der Waals surface area contributed by atoms with E-state index in [2.05, 4.69) is 23.9 Å². The van der Waals surface area contributed by atoms with Crippen LogP contribution in [0.4, 0.5) is 5.13 Å². The third-order valence-electron chi connectivity index (χ3n) is 2.80. The first kappa shape index (κ1) is 10.9. The average Bonchev–Trinajstić information content (AvgIpc) is 2.63. The fourth-order valence-corrected chi connectivity index (χ4v) is 3.12. The Morgan fingerprint density at radius 1 is 1.60 bits per heavy atom. The van der Waals surface area contributed by atoms with Crippen LogP contribution >= 0.6 is 11.3 Å². The van der Waals surface area contributed by atoms with Gasteiger partial charge in [-0.3, -0.25) is 0 Å². The topological polar surface area (TPSA) is 36.4 Å². The van der Waals surface area contributed by atoms with Gasteiger partial charge in [0, 0.05) is 18.5 Å². The van der Waals surface area contributed by atoms with Gasteiger partial charge < -0.3 is 10.0 Å². The molecule has 4 heteroatoms. The molecule has 1 unspecified atom stereocenters. The Kier molecular flexibility index (Phi) is 3.26. The minimum atomic E-state index is -0.325. The Morgan fingerprint density at radius 3 is 3.07 bits per heavy atom. The lowest BCUT2D eigenvalue weighted by atomic mass is 10.0. The third-order valence-corrected chi connectivity index (χ3v) is 4.04. The van der Waals surface area contributed by atoms with E-state index in [4.69, 9.17) is 0 Å². The molecule has 1 heterocycles. The van der Waals surface area contributed by atoms with Crippen LogP contribution in [0.1, 0.15) is 42.9 Å². The van der Waals surface area contributed by atoms with Crippen LogP contribution in [-0.2, 0) is 6.42 Å². The van der Waals surface area contributed by atoms with Gasteiger partial charge in [-0.15, -0.1) is 11.3 Å². The van der Waals surface area contributed by atoms with E-state index in [1.54, 1.807) is 11.3 Å².